The first-order chi connectivity index (χ1) is 11.8. The molecule has 8 nitrogen and oxygen atoms in total. The van der Waals surface area contributed by atoms with E-state index in [4.69, 9.17) is 8.83 Å². The third kappa shape index (κ3) is 2.78. The van der Waals surface area contributed by atoms with Gasteiger partial charge in [0.25, 0.3) is 11.8 Å². The van der Waals surface area contributed by atoms with Crippen molar-refractivity contribution in [3.8, 4) is 11.5 Å². The van der Waals surface area contributed by atoms with Gasteiger partial charge in [-0.25, -0.2) is 4.98 Å². The summed E-state index contributed by atoms with van der Waals surface area (Å²) in [7, 11) is 0. The number of aromatic nitrogens is 4. The maximum atomic E-state index is 12.4. The Hall–Kier alpha value is -3.03. The lowest BCUT2D eigenvalue weighted by Crippen LogP contribution is -2.38. The molecule has 0 radical (unpaired) electrons. The van der Waals surface area contributed by atoms with Crippen molar-refractivity contribution in [1.29, 1.82) is 0 Å². The standard InChI is InChI=1S/C16H15N5O3/c22-16(13-9-17-4-5-18-13)21-6-1-11(2-7-21)14-19-20-15(24-14)12-3-8-23-10-12/h3-5,8-11H,1-2,6-7H2. The van der Waals surface area contributed by atoms with Gasteiger partial charge in [-0.3, -0.25) is 9.78 Å². The van der Waals surface area contributed by atoms with Crippen molar-refractivity contribution in [3.63, 3.8) is 0 Å². The minimum atomic E-state index is -0.0915. The van der Waals surface area contributed by atoms with Crippen molar-refractivity contribution in [2.45, 2.75) is 18.8 Å². The van der Waals surface area contributed by atoms with Gasteiger partial charge in [-0.05, 0) is 18.9 Å². The van der Waals surface area contributed by atoms with Gasteiger partial charge in [-0.15, -0.1) is 10.2 Å². The Morgan fingerprint density at radius 1 is 1.21 bits per heavy atom. The molecule has 4 rings (SSSR count). The second kappa shape index (κ2) is 6.23. The number of furan rings is 1. The van der Waals surface area contributed by atoms with E-state index in [1.54, 1.807) is 29.7 Å². The van der Waals surface area contributed by atoms with E-state index < -0.39 is 0 Å². The van der Waals surface area contributed by atoms with Crippen LogP contribution in [0.1, 0.15) is 35.1 Å². The van der Waals surface area contributed by atoms with Crippen LogP contribution in [0.15, 0.2) is 46.0 Å². The third-order valence-electron chi connectivity index (χ3n) is 4.12. The molecule has 1 fully saturated rings. The summed E-state index contributed by atoms with van der Waals surface area (Å²) in [6.07, 6.45) is 9.25. The predicted molar refractivity (Wildman–Crippen MR) is 81.9 cm³/mol. The number of carbonyl (C=O) groups excluding carboxylic acids is 1. The Morgan fingerprint density at radius 2 is 2.08 bits per heavy atom. The maximum absolute atomic E-state index is 12.4. The molecule has 0 N–H and O–H groups in total. The van der Waals surface area contributed by atoms with Gasteiger partial charge in [0.1, 0.15) is 12.0 Å². The smallest absolute Gasteiger partial charge is 0.274 e. The topological polar surface area (TPSA) is 98.2 Å². The second-order valence-electron chi connectivity index (χ2n) is 5.61. The van der Waals surface area contributed by atoms with E-state index in [-0.39, 0.29) is 11.8 Å². The summed E-state index contributed by atoms with van der Waals surface area (Å²) in [4.78, 5) is 22.1. The SMILES string of the molecule is O=C(c1cnccn1)N1CCC(c2nnc(-c3ccoc3)o2)CC1. The van der Waals surface area contributed by atoms with E-state index in [0.29, 0.717) is 30.6 Å². The molecule has 0 spiro atoms. The lowest BCUT2D eigenvalue weighted by Gasteiger charge is -2.30. The summed E-state index contributed by atoms with van der Waals surface area (Å²) in [5.74, 6) is 1.13. The van der Waals surface area contributed by atoms with Crippen LogP contribution in [0.3, 0.4) is 0 Å². The third-order valence-corrected chi connectivity index (χ3v) is 4.12. The van der Waals surface area contributed by atoms with Crippen LogP contribution < -0.4 is 0 Å². The molecule has 4 heterocycles. The van der Waals surface area contributed by atoms with E-state index in [2.05, 4.69) is 20.2 Å². The summed E-state index contributed by atoms with van der Waals surface area (Å²) < 4.78 is 10.8. The Labute approximate surface area is 137 Å². The molecule has 0 saturated carbocycles. The molecule has 122 valence electrons. The molecule has 0 unspecified atom stereocenters. The van der Waals surface area contributed by atoms with E-state index in [1.165, 1.54) is 12.4 Å². The number of nitrogens with zero attached hydrogens (tertiary/aromatic N) is 5. The van der Waals surface area contributed by atoms with Crippen LogP contribution in [0, 0.1) is 0 Å². The van der Waals surface area contributed by atoms with Gasteiger partial charge in [0, 0.05) is 31.4 Å². The normalized spacial score (nSPS) is 15.6. The van der Waals surface area contributed by atoms with Gasteiger partial charge >= 0.3 is 0 Å². The summed E-state index contributed by atoms with van der Waals surface area (Å²) in [6, 6.07) is 1.78. The van der Waals surface area contributed by atoms with E-state index in [0.717, 1.165) is 18.4 Å². The first kappa shape index (κ1) is 14.6. The Morgan fingerprint density at radius 3 is 2.79 bits per heavy atom. The molecule has 0 bridgehead atoms. The molecule has 0 aromatic carbocycles. The van der Waals surface area contributed by atoms with Crippen molar-refractivity contribution < 1.29 is 13.6 Å². The van der Waals surface area contributed by atoms with Crippen molar-refractivity contribution >= 4 is 5.91 Å². The largest absolute Gasteiger partial charge is 0.472 e. The number of rotatable bonds is 3. The number of hydrogen-bond donors (Lipinski definition) is 0. The molecule has 8 heteroatoms. The molecule has 3 aromatic heterocycles. The fourth-order valence-corrected chi connectivity index (χ4v) is 2.80. The second-order valence-corrected chi connectivity index (χ2v) is 5.61. The minimum Gasteiger partial charge on any atom is -0.472 e. The molecular formula is C16H15N5O3. The van der Waals surface area contributed by atoms with Crippen LogP contribution in [0.25, 0.3) is 11.5 Å². The van der Waals surface area contributed by atoms with Crippen LogP contribution in [0.5, 0.6) is 0 Å². The van der Waals surface area contributed by atoms with Gasteiger partial charge in [0.15, 0.2) is 0 Å². The average Bonchev–Trinajstić information content (AvgIpc) is 3.33. The van der Waals surface area contributed by atoms with Gasteiger partial charge in [-0.1, -0.05) is 0 Å². The summed E-state index contributed by atoms with van der Waals surface area (Å²) in [6.45, 7) is 1.26. The van der Waals surface area contributed by atoms with Crippen LogP contribution in [0.4, 0.5) is 0 Å². The molecule has 1 aliphatic rings. The molecule has 24 heavy (non-hydrogen) atoms. The lowest BCUT2D eigenvalue weighted by atomic mass is 9.96. The van der Waals surface area contributed by atoms with Crippen molar-refractivity contribution in [2.24, 2.45) is 0 Å². The van der Waals surface area contributed by atoms with Crippen LogP contribution >= 0.6 is 0 Å². The Kier molecular flexibility index (Phi) is 3.78. The van der Waals surface area contributed by atoms with Crippen molar-refractivity contribution in [1.82, 2.24) is 25.1 Å². The first-order valence-corrected chi connectivity index (χ1v) is 7.72. The number of piperidine rings is 1. The monoisotopic (exact) mass is 325 g/mol. The highest BCUT2D eigenvalue weighted by Gasteiger charge is 2.28. The van der Waals surface area contributed by atoms with E-state index in [1.807, 2.05) is 0 Å². The highest BCUT2D eigenvalue weighted by atomic mass is 16.4. The zero-order valence-corrected chi connectivity index (χ0v) is 12.8. The average molecular weight is 325 g/mol. The van der Waals surface area contributed by atoms with E-state index >= 15 is 0 Å². The molecule has 0 atom stereocenters. The van der Waals surface area contributed by atoms with Crippen LogP contribution in [0.2, 0.25) is 0 Å². The molecule has 1 aliphatic heterocycles. The highest BCUT2D eigenvalue weighted by Crippen LogP contribution is 2.29. The number of likely N-dealkylation sites (tertiary alicyclic amines) is 1. The quantitative estimate of drug-likeness (QED) is 0.727. The zero-order chi connectivity index (χ0) is 16.4. The predicted octanol–water partition coefficient (Wildman–Crippen LogP) is 2.14. The van der Waals surface area contributed by atoms with Gasteiger partial charge in [0.05, 0.1) is 18.0 Å². The lowest BCUT2D eigenvalue weighted by molar-refractivity contribution is 0.0700. The zero-order valence-electron chi connectivity index (χ0n) is 12.8. The number of hydrogen-bond acceptors (Lipinski definition) is 7. The molecular weight excluding hydrogens is 310 g/mol. The molecule has 0 aliphatic carbocycles. The molecule has 3 aromatic rings. The number of carbonyl (C=O) groups is 1. The molecule has 1 amide bonds. The fraction of sp³-hybridized carbons (Fsp3) is 0.312. The van der Waals surface area contributed by atoms with Crippen molar-refractivity contribution in [3.05, 3.63) is 48.8 Å². The first-order valence-electron chi connectivity index (χ1n) is 7.72. The Balaban J connectivity index is 1.40. The fourth-order valence-electron chi connectivity index (χ4n) is 2.80. The summed E-state index contributed by atoms with van der Waals surface area (Å²) in [5, 5.41) is 8.20. The summed E-state index contributed by atoms with van der Waals surface area (Å²) >= 11 is 0. The minimum absolute atomic E-state index is 0.0915. The van der Waals surface area contributed by atoms with Gasteiger partial charge in [0.2, 0.25) is 5.89 Å². The van der Waals surface area contributed by atoms with Gasteiger partial charge in [-0.2, -0.15) is 0 Å². The maximum Gasteiger partial charge on any atom is 0.274 e. The Bertz CT molecular complexity index is 807. The summed E-state index contributed by atoms with van der Waals surface area (Å²) in [5.41, 5.74) is 1.14. The number of amides is 1. The molecule has 1 saturated heterocycles. The highest BCUT2D eigenvalue weighted by molar-refractivity contribution is 5.92. The van der Waals surface area contributed by atoms with Gasteiger partial charge < -0.3 is 13.7 Å². The van der Waals surface area contributed by atoms with Crippen molar-refractivity contribution in [2.75, 3.05) is 13.1 Å². The van der Waals surface area contributed by atoms with E-state index in [9.17, 15) is 4.79 Å². The van der Waals surface area contributed by atoms with Crippen LogP contribution in [-0.2, 0) is 0 Å². The van der Waals surface area contributed by atoms with Crippen LogP contribution in [-0.4, -0.2) is 44.1 Å².